The van der Waals surface area contributed by atoms with Crippen LogP contribution in [0.3, 0.4) is 0 Å². The van der Waals surface area contributed by atoms with Gasteiger partial charge < -0.3 is 15.1 Å². The smallest absolute Gasteiger partial charge is 0.405 e. The molecule has 29 heavy (non-hydrogen) atoms. The number of rotatable bonds is 5. The molecular weight excluding hydrogens is 411 g/mol. The van der Waals surface area contributed by atoms with Crippen LogP contribution in [0.25, 0.3) is 11.3 Å². The fraction of sp³-hybridized carbons (Fsp3) is 0.500. The molecule has 3 heterocycles. The highest BCUT2D eigenvalue weighted by atomic mass is 35.5. The van der Waals surface area contributed by atoms with Gasteiger partial charge >= 0.3 is 6.18 Å². The second-order valence-corrected chi connectivity index (χ2v) is 7.70. The molecule has 7 nitrogen and oxygen atoms in total. The molecule has 1 saturated heterocycles. The highest BCUT2D eigenvalue weighted by Gasteiger charge is 2.39. The number of halogens is 4. The van der Waals surface area contributed by atoms with E-state index in [4.69, 9.17) is 16.0 Å². The molecule has 158 valence electrons. The van der Waals surface area contributed by atoms with Gasteiger partial charge in [0.2, 0.25) is 11.8 Å². The molecule has 1 amide bonds. The number of amides is 1. The molecule has 0 unspecified atom stereocenters. The van der Waals surface area contributed by atoms with Crippen molar-refractivity contribution in [3.05, 3.63) is 35.6 Å². The number of nitrogens with zero attached hydrogens (tertiary/aromatic N) is 3. The van der Waals surface area contributed by atoms with E-state index in [-0.39, 0.29) is 6.54 Å². The molecule has 0 radical (unpaired) electrons. The van der Waals surface area contributed by atoms with Crippen LogP contribution in [0.1, 0.15) is 19.7 Å². The Morgan fingerprint density at radius 1 is 1.38 bits per heavy atom. The van der Waals surface area contributed by atoms with Gasteiger partial charge in [-0.1, -0.05) is 11.6 Å². The third-order valence-electron chi connectivity index (χ3n) is 4.76. The maximum absolute atomic E-state index is 12.4. The molecule has 0 aliphatic carbocycles. The quantitative estimate of drug-likeness (QED) is 0.757. The Morgan fingerprint density at radius 3 is 2.83 bits per heavy atom. The van der Waals surface area contributed by atoms with Crippen molar-refractivity contribution in [1.82, 2.24) is 25.5 Å². The van der Waals surface area contributed by atoms with Crippen molar-refractivity contribution in [1.29, 1.82) is 0 Å². The van der Waals surface area contributed by atoms with E-state index in [9.17, 15) is 18.0 Å². The summed E-state index contributed by atoms with van der Waals surface area (Å²) >= 11 is 5.96. The monoisotopic (exact) mass is 431 g/mol. The Balaban J connectivity index is 1.71. The zero-order valence-electron chi connectivity index (χ0n) is 15.9. The van der Waals surface area contributed by atoms with Crippen molar-refractivity contribution in [3.63, 3.8) is 0 Å². The Kier molecular flexibility index (Phi) is 6.16. The highest BCUT2D eigenvalue weighted by Crippen LogP contribution is 2.31. The summed E-state index contributed by atoms with van der Waals surface area (Å²) in [6.45, 7) is 3.65. The maximum Gasteiger partial charge on any atom is 0.405 e. The lowest BCUT2D eigenvalue weighted by Gasteiger charge is -2.41. The van der Waals surface area contributed by atoms with Crippen molar-refractivity contribution in [2.45, 2.75) is 31.6 Å². The number of pyridine rings is 1. The first-order chi connectivity index (χ1) is 13.6. The lowest BCUT2D eigenvalue weighted by atomic mass is 10.00. The number of hydrogen-bond acceptors (Lipinski definition) is 6. The molecule has 1 aliphatic heterocycles. The van der Waals surface area contributed by atoms with Crippen LogP contribution >= 0.6 is 11.6 Å². The van der Waals surface area contributed by atoms with Gasteiger partial charge in [-0.15, -0.1) is 0 Å². The van der Waals surface area contributed by atoms with E-state index < -0.39 is 30.2 Å². The van der Waals surface area contributed by atoms with Gasteiger partial charge in [-0.3, -0.25) is 14.7 Å². The summed E-state index contributed by atoms with van der Waals surface area (Å²) in [5.41, 5.74) is -0.00804. The largest absolute Gasteiger partial charge is 0.439 e. The molecule has 0 bridgehead atoms. The summed E-state index contributed by atoms with van der Waals surface area (Å²) < 4.78 is 43.0. The Hall–Kier alpha value is -2.17. The third-order valence-corrected chi connectivity index (χ3v) is 4.97. The SMILES string of the molecule is CC(C)(c1ncc(-c2cncc(Cl)c2)o1)N1CCN[C@H](C(=O)NCC(F)(F)F)C1. The van der Waals surface area contributed by atoms with Gasteiger partial charge in [0.1, 0.15) is 6.54 Å². The minimum absolute atomic E-state index is 0.215. The van der Waals surface area contributed by atoms with E-state index in [1.54, 1.807) is 18.5 Å². The molecule has 0 spiro atoms. The standard InChI is InChI=1S/C18H21ClF3N5O2/c1-17(2,16-25-8-14(29-16)11-5-12(19)7-23-6-11)27-4-3-24-13(9-27)15(28)26-10-18(20,21)22/h5-8,13,24H,3-4,9-10H2,1-2H3,(H,26,28)/t13-/m0/s1. The second kappa shape index (κ2) is 8.29. The van der Waals surface area contributed by atoms with E-state index >= 15 is 0 Å². The number of oxazole rings is 1. The van der Waals surface area contributed by atoms with Crippen LogP contribution in [0, 0.1) is 0 Å². The molecule has 0 aromatic carbocycles. The summed E-state index contributed by atoms with van der Waals surface area (Å²) in [7, 11) is 0. The van der Waals surface area contributed by atoms with Crippen LogP contribution in [0.4, 0.5) is 13.2 Å². The number of alkyl halides is 3. The van der Waals surface area contributed by atoms with Crippen LogP contribution in [0.2, 0.25) is 5.02 Å². The van der Waals surface area contributed by atoms with Crippen LogP contribution in [0.15, 0.2) is 29.1 Å². The lowest BCUT2D eigenvalue weighted by Crippen LogP contribution is -2.61. The average Bonchev–Trinajstić information content (AvgIpc) is 3.17. The summed E-state index contributed by atoms with van der Waals surface area (Å²) in [6.07, 6.45) is 0.235. The zero-order valence-corrected chi connectivity index (χ0v) is 16.6. The third kappa shape index (κ3) is 5.26. The van der Waals surface area contributed by atoms with Crippen LogP contribution in [-0.4, -0.2) is 59.2 Å². The number of hydrogen-bond donors (Lipinski definition) is 2. The van der Waals surface area contributed by atoms with E-state index in [1.807, 2.05) is 24.1 Å². The van der Waals surface area contributed by atoms with Crippen molar-refractivity contribution in [2.75, 3.05) is 26.2 Å². The summed E-state index contributed by atoms with van der Waals surface area (Å²) in [4.78, 5) is 22.4. The molecular formula is C18H21ClF3N5O2. The fourth-order valence-corrected chi connectivity index (χ4v) is 3.29. The van der Waals surface area contributed by atoms with Gasteiger partial charge in [-0.25, -0.2) is 4.98 Å². The average molecular weight is 432 g/mol. The van der Waals surface area contributed by atoms with Gasteiger partial charge in [-0.05, 0) is 19.9 Å². The van der Waals surface area contributed by atoms with Crippen molar-refractivity contribution in [2.24, 2.45) is 0 Å². The van der Waals surface area contributed by atoms with Gasteiger partial charge in [0, 0.05) is 37.6 Å². The number of carbonyl (C=O) groups is 1. The summed E-state index contributed by atoms with van der Waals surface area (Å²) in [5, 5.41) is 5.34. The highest BCUT2D eigenvalue weighted by molar-refractivity contribution is 6.30. The molecule has 0 saturated carbocycles. The predicted molar refractivity (Wildman–Crippen MR) is 100 cm³/mol. The zero-order chi connectivity index (χ0) is 21.2. The van der Waals surface area contributed by atoms with E-state index in [0.717, 1.165) is 0 Å². The number of carbonyl (C=O) groups excluding carboxylic acids is 1. The molecule has 2 N–H and O–H groups in total. The number of piperazine rings is 1. The normalized spacial score (nSPS) is 18.6. The number of aromatic nitrogens is 2. The first-order valence-electron chi connectivity index (χ1n) is 8.96. The van der Waals surface area contributed by atoms with E-state index in [0.29, 0.717) is 35.3 Å². The van der Waals surface area contributed by atoms with Crippen molar-refractivity contribution < 1.29 is 22.4 Å². The first-order valence-corrected chi connectivity index (χ1v) is 9.34. The molecule has 1 atom stereocenters. The molecule has 3 rings (SSSR count). The van der Waals surface area contributed by atoms with Gasteiger partial charge in [0.15, 0.2) is 5.76 Å². The van der Waals surface area contributed by atoms with Crippen molar-refractivity contribution >= 4 is 17.5 Å². The molecule has 1 aliphatic rings. The lowest BCUT2D eigenvalue weighted by molar-refractivity contribution is -0.140. The summed E-state index contributed by atoms with van der Waals surface area (Å²) in [5.74, 6) is 0.224. The summed E-state index contributed by atoms with van der Waals surface area (Å²) in [6, 6.07) is 0.939. The first kappa shape index (κ1) is 21.5. The molecule has 1 fully saturated rings. The Morgan fingerprint density at radius 2 is 2.14 bits per heavy atom. The van der Waals surface area contributed by atoms with Crippen LogP contribution in [0.5, 0.6) is 0 Å². The van der Waals surface area contributed by atoms with Crippen LogP contribution < -0.4 is 10.6 Å². The number of nitrogens with one attached hydrogen (secondary N) is 2. The van der Waals surface area contributed by atoms with Gasteiger partial charge in [0.25, 0.3) is 0 Å². The predicted octanol–water partition coefficient (Wildman–Crippen LogP) is 2.58. The fourth-order valence-electron chi connectivity index (χ4n) is 3.12. The van der Waals surface area contributed by atoms with Gasteiger partial charge in [-0.2, -0.15) is 13.2 Å². The molecule has 2 aromatic rings. The Bertz CT molecular complexity index is 871. The minimum atomic E-state index is -4.45. The van der Waals surface area contributed by atoms with Crippen LogP contribution in [-0.2, 0) is 10.3 Å². The minimum Gasteiger partial charge on any atom is -0.439 e. The topological polar surface area (TPSA) is 83.3 Å². The molecule has 2 aromatic heterocycles. The van der Waals surface area contributed by atoms with E-state index in [2.05, 4.69) is 15.3 Å². The Labute approximate surface area is 170 Å². The van der Waals surface area contributed by atoms with Crippen molar-refractivity contribution in [3.8, 4) is 11.3 Å². The molecule has 11 heteroatoms. The van der Waals surface area contributed by atoms with E-state index in [1.165, 1.54) is 6.20 Å². The second-order valence-electron chi connectivity index (χ2n) is 7.27. The van der Waals surface area contributed by atoms with Gasteiger partial charge in [0.05, 0.1) is 22.8 Å². The maximum atomic E-state index is 12.4.